The van der Waals surface area contributed by atoms with Gasteiger partial charge in [-0.05, 0) is 30.8 Å². The zero-order valence-electron chi connectivity index (χ0n) is 7.62. The lowest BCUT2D eigenvalue weighted by Gasteiger charge is -2.00. The predicted molar refractivity (Wildman–Crippen MR) is 55.5 cm³/mol. The van der Waals surface area contributed by atoms with Gasteiger partial charge in [-0.25, -0.2) is 0 Å². The lowest BCUT2D eigenvalue weighted by atomic mass is 10.2. The minimum Gasteiger partial charge on any atom is -0.312 e. The third-order valence-electron chi connectivity index (χ3n) is 1.77. The molecule has 0 radical (unpaired) electrons. The van der Waals surface area contributed by atoms with Gasteiger partial charge in [0.05, 0.1) is 6.07 Å². The summed E-state index contributed by atoms with van der Waals surface area (Å²) in [5.74, 6) is 0. The molecule has 1 aromatic rings. The lowest BCUT2D eigenvalue weighted by Crippen LogP contribution is -2.13. The van der Waals surface area contributed by atoms with Gasteiger partial charge in [-0.2, -0.15) is 5.26 Å². The highest BCUT2D eigenvalue weighted by atomic mass is 32.1. The second kappa shape index (κ2) is 6.64. The first-order chi connectivity index (χ1) is 6.43. The average molecular weight is 194 g/mol. The van der Waals surface area contributed by atoms with Crippen LogP contribution in [0, 0.1) is 11.3 Å². The summed E-state index contributed by atoms with van der Waals surface area (Å²) in [6.07, 6.45) is 2.79. The summed E-state index contributed by atoms with van der Waals surface area (Å²) in [5, 5.41) is 13.7. The summed E-state index contributed by atoms with van der Waals surface area (Å²) in [5.41, 5.74) is 0. The first-order valence-electron chi connectivity index (χ1n) is 4.53. The fourth-order valence-corrected chi connectivity index (χ4v) is 1.75. The Morgan fingerprint density at radius 1 is 1.46 bits per heavy atom. The topological polar surface area (TPSA) is 35.8 Å². The molecule has 0 atom stereocenters. The Hall–Kier alpha value is -0.850. The second-order valence-electron chi connectivity index (χ2n) is 2.87. The first kappa shape index (κ1) is 10.2. The van der Waals surface area contributed by atoms with Crippen LogP contribution in [-0.2, 0) is 6.54 Å². The summed E-state index contributed by atoms with van der Waals surface area (Å²) in [6.45, 7) is 1.98. The minimum absolute atomic E-state index is 0.681. The van der Waals surface area contributed by atoms with Crippen molar-refractivity contribution in [3.63, 3.8) is 0 Å². The molecule has 13 heavy (non-hydrogen) atoms. The maximum atomic E-state index is 8.30. The van der Waals surface area contributed by atoms with Crippen molar-refractivity contribution in [1.82, 2.24) is 5.32 Å². The van der Waals surface area contributed by atoms with Crippen molar-refractivity contribution in [2.24, 2.45) is 0 Å². The highest BCUT2D eigenvalue weighted by Gasteiger charge is 1.92. The summed E-state index contributed by atoms with van der Waals surface area (Å²) in [4.78, 5) is 1.38. The van der Waals surface area contributed by atoms with Crippen LogP contribution >= 0.6 is 11.3 Å². The monoisotopic (exact) mass is 194 g/mol. The smallest absolute Gasteiger partial charge is 0.0621 e. The first-order valence-corrected chi connectivity index (χ1v) is 5.41. The molecule has 0 aliphatic rings. The van der Waals surface area contributed by atoms with Crippen LogP contribution < -0.4 is 5.32 Å². The largest absolute Gasteiger partial charge is 0.312 e. The van der Waals surface area contributed by atoms with E-state index in [1.165, 1.54) is 4.88 Å². The van der Waals surface area contributed by atoms with E-state index in [1.54, 1.807) is 11.3 Å². The maximum Gasteiger partial charge on any atom is 0.0621 e. The molecule has 1 aromatic heterocycles. The molecule has 0 saturated heterocycles. The summed E-state index contributed by atoms with van der Waals surface area (Å²) >= 11 is 1.78. The molecule has 0 aromatic carbocycles. The van der Waals surface area contributed by atoms with E-state index >= 15 is 0 Å². The predicted octanol–water partition coefficient (Wildman–Crippen LogP) is 2.53. The van der Waals surface area contributed by atoms with Gasteiger partial charge in [0.1, 0.15) is 0 Å². The fourth-order valence-electron chi connectivity index (χ4n) is 1.08. The van der Waals surface area contributed by atoms with E-state index in [2.05, 4.69) is 28.9 Å². The maximum absolute atomic E-state index is 8.30. The third-order valence-corrected chi connectivity index (χ3v) is 2.65. The fraction of sp³-hybridized carbons (Fsp3) is 0.500. The van der Waals surface area contributed by atoms with Crippen LogP contribution in [0.4, 0.5) is 0 Å². The van der Waals surface area contributed by atoms with Crippen molar-refractivity contribution < 1.29 is 0 Å². The number of hydrogen-bond acceptors (Lipinski definition) is 3. The van der Waals surface area contributed by atoms with Crippen molar-refractivity contribution in [3.8, 4) is 6.07 Å². The third kappa shape index (κ3) is 4.66. The summed E-state index contributed by atoms with van der Waals surface area (Å²) in [7, 11) is 0. The van der Waals surface area contributed by atoms with Crippen molar-refractivity contribution >= 4 is 11.3 Å². The van der Waals surface area contributed by atoms with Crippen molar-refractivity contribution in [2.75, 3.05) is 6.54 Å². The van der Waals surface area contributed by atoms with Crippen LogP contribution in [0.5, 0.6) is 0 Å². The van der Waals surface area contributed by atoms with Gasteiger partial charge in [-0.1, -0.05) is 6.07 Å². The Balaban J connectivity index is 1.94. The van der Waals surface area contributed by atoms with Crippen LogP contribution in [0.25, 0.3) is 0 Å². The van der Waals surface area contributed by atoms with E-state index < -0.39 is 0 Å². The van der Waals surface area contributed by atoms with Gasteiger partial charge < -0.3 is 5.32 Å². The van der Waals surface area contributed by atoms with Gasteiger partial charge in [-0.3, -0.25) is 0 Å². The van der Waals surface area contributed by atoms with E-state index in [1.807, 2.05) is 0 Å². The Bertz CT molecular complexity index is 248. The average Bonchev–Trinajstić information content (AvgIpc) is 2.63. The Morgan fingerprint density at radius 3 is 3.08 bits per heavy atom. The van der Waals surface area contributed by atoms with Gasteiger partial charge in [0, 0.05) is 17.8 Å². The molecule has 0 unspecified atom stereocenters. The lowest BCUT2D eigenvalue weighted by molar-refractivity contribution is 0.632. The molecule has 0 aliphatic carbocycles. The van der Waals surface area contributed by atoms with Crippen LogP contribution in [0.1, 0.15) is 24.1 Å². The highest BCUT2D eigenvalue weighted by molar-refractivity contribution is 7.09. The van der Waals surface area contributed by atoms with Crippen LogP contribution in [0.3, 0.4) is 0 Å². The van der Waals surface area contributed by atoms with Crippen molar-refractivity contribution in [2.45, 2.75) is 25.8 Å². The molecule has 0 fully saturated rings. The zero-order chi connectivity index (χ0) is 9.36. The Morgan fingerprint density at radius 2 is 2.38 bits per heavy atom. The Labute approximate surface area is 83.2 Å². The molecule has 0 amide bonds. The molecule has 1 heterocycles. The van der Waals surface area contributed by atoms with Crippen LogP contribution in [0.2, 0.25) is 0 Å². The molecule has 0 spiro atoms. The van der Waals surface area contributed by atoms with Gasteiger partial charge in [0.2, 0.25) is 0 Å². The van der Waals surface area contributed by atoms with E-state index in [0.717, 1.165) is 25.9 Å². The zero-order valence-corrected chi connectivity index (χ0v) is 8.44. The molecule has 0 saturated carbocycles. The van der Waals surface area contributed by atoms with Gasteiger partial charge in [0.15, 0.2) is 0 Å². The standard InChI is InChI=1S/C10H14N2S/c11-6-2-1-3-7-12-9-10-5-4-8-13-10/h4-5,8,12H,1-3,7,9H2. The van der Waals surface area contributed by atoms with Gasteiger partial charge in [-0.15, -0.1) is 11.3 Å². The SMILES string of the molecule is N#CCCCCNCc1cccs1. The number of unbranched alkanes of at least 4 members (excludes halogenated alkanes) is 2. The quantitative estimate of drug-likeness (QED) is 0.706. The number of nitrogens with zero attached hydrogens (tertiary/aromatic N) is 1. The van der Waals surface area contributed by atoms with E-state index in [9.17, 15) is 0 Å². The number of rotatable bonds is 6. The normalized spacial score (nSPS) is 9.77. The van der Waals surface area contributed by atoms with E-state index in [4.69, 9.17) is 5.26 Å². The molecular weight excluding hydrogens is 180 g/mol. The van der Waals surface area contributed by atoms with Crippen molar-refractivity contribution in [3.05, 3.63) is 22.4 Å². The number of thiophene rings is 1. The molecule has 2 nitrogen and oxygen atoms in total. The molecule has 1 rings (SSSR count). The molecule has 3 heteroatoms. The van der Waals surface area contributed by atoms with Crippen LogP contribution in [-0.4, -0.2) is 6.54 Å². The summed E-state index contributed by atoms with van der Waals surface area (Å²) in [6, 6.07) is 6.35. The molecule has 0 bridgehead atoms. The molecule has 0 aliphatic heterocycles. The second-order valence-corrected chi connectivity index (χ2v) is 3.90. The molecule has 70 valence electrons. The minimum atomic E-state index is 0.681. The highest BCUT2D eigenvalue weighted by Crippen LogP contribution is 2.07. The van der Waals surface area contributed by atoms with Gasteiger partial charge in [0.25, 0.3) is 0 Å². The number of hydrogen-bond donors (Lipinski definition) is 1. The van der Waals surface area contributed by atoms with Crippen molar-refractivity contribution in [1.29, 1.82) is 5.26 Å². The van der Waals surface area contributed by atoms with E-state index in [-0.39, 0.29) is 0 Å². The van der Waals surface area contributed by atoms with Gasteiger partial charge >= 0.3 is 0 Å². The summed E-state index contributed by atoms with van der Waals surface area (Å²) < 4.78 is 0. The molecular formula is C10H14N2S. The van der Waals surface area contributed by atoms with E-state index in [0.29, 0.717) is 6.42 Å². The molecule has 1 N–H and O–H groups in total. The Kier molecular flexibility index (Phi) is 5.23. The number of nitrogens with one attached hydrogen (secondary N) is 1. The number of nitriles is 1. The van der Waals surface area contributed by atoms with Crippen LogP contribution in [0.15, 0.2) is 17.5 Å².